The lowest BCUT2D eigenvalue weighted by atomic mass is 10.1. The maximum Gasteiger partial charge on any atom is 0.261 e. The van der Waals surface area contributed by atoms with Crippen LogP contribution in [-0.4, -0.2) is 34.9 Å². The number of hydrogen-bond acceptors (Lipinski definition) is 3. The third kappa shape index (κ3) is 7.51. The lowest BCUT2D eigenvalue weighted by Crippen LogP contribution is -2.53. The molecule has 2 rings (SSSR count). The van der Waals surface area contributed by atoms with Crippen LogP contribution < -0.4 is 10.1 Å². The fourth-order valence-electron chi connectivity index (χ4n) is 2.63. The van der Waals surface area contributed by atoms with Crippen molar-refractivity contribution in [3.63, 3.8) is 0 Å². The molecule has 0 saturated carbocycles. The van der Waals surface area contributed by atoms with Gasteiger partial charge in [0.05, 0.1) is 0 Å². The van der Waals surface area contributed by atoms with E-state index in [1.807, 2.05) is 63.2 Å². The van der Waals surface area contributed by atoms with Gasteiger partial charge in [0, 0.05) is 20.7 Å². The summed E-state index contributed by atoms with van der Waals surface area (Å²) in [5.41, 5.74) is 0.370. The maximum absolute atomic E-state index is 13.0. The summed E-state index contributed by atoms with van der Waals surface area (Å²) >= 11 is 8.48. The van der Waals surface area contributed by atoms with E-state index in [1.165, 1.54) is 4.90 Å². The van der Waals surface area contributed by atoms with Crippen LogP contribution in [0.1, 0.15) is 33.3 Å². The summed E-state index contributed by atoms with van der Waals surface area (Å²) in [6, 6.07) is 14.0. The van der Waals surface area contributed by atoms with Crippen LogP contribution >= 0.6 is 34.2 Å². The average molecular weight is 529 g/mol. The molecule has 0 saturated heterocycles. The SMILES string of the molecule is CC(C(=O)NC(C)(C)C)N(Cc1ccccc1Cl)C(=O)COc1ccc(I)cc1. The zero-order valence-electron chi connectivity index (χ0n) is 17.0. The van der Waals surface area contributed by atoms with Gasteiger partial charge in [-0.25, -0.2) is 0 Å². The fraction of sp³-hybridized carbons (Fsp3) is 0.364. The number of carbonyl (C=O) groups is 2. The molecule has 1 unspecified atom stereocenters. The number of amides is 2. The van der Waals surface area contributed by atoms with Gasteiger partial charge in [0.15, 0.2) is 6.61 Å². The molecule has 1 atom stereocenters. The smallest absolute Gasteiger partial charge is 0.261 e. The number of nitrogens with zero attached hydrogens (tertiary/aromatic N) is 1. The van der Waals surface area contributed by atoms with Gasteiger partial charge in [-0.05, 0) is 86.2 Å². The average Bonchev–Trinajstić information content (AvgIpc) is 2.65. The van der Waals surface area contributed by atoms with Gasteiger partial charge in [-0.1, -0.05) is 29.8 Å². The predicted molar refractivity (Wildman–Crippen MR) is 124 cm³/mol. The molecule has 156 valence electrons. The van der Waals surface area contributed by atoms with Crippen molar-refractivity contribution in [1.29, 1.82) is 0 Å². The minimum absolute atomic E-state index is 0.168. The zero-order valence-corrected chi connectivity index (χ0v) is 20.0. The quantitative estimate of drug-likeness (QED) is 0.532. The van der Waals surface area contributed by atoms with Gasteiger partial charge >= 0.3 is 0 Å². The Morgan fingerprint density at radius 1 is 1.14 bits per heavy atom. The summed E-state index contributed by atoms with van der Waals surface area (Å²) in [6.45, 7) is 7.46. The van der Waals surface area contributed by atoms with Crippen LogP contribution in [0.5, 0.6) is 5.75 Å². The van der Waals surface area contributed by atoms with Gasteiger partial charge in [0.1, 0.15) is 11.8 Å². The van der Waals surface area contributed by atoms with Gasteiger partial charge < -0.3 is 15.0 Å². The number of nitrogens with one attached hydrogen (secondary N) is 1. The highest BCUT2D eigenvalue weighted by molar-refractivity contribution is 14.1. The highest BCUT2D eigenvalue weighted by atomic mass is 127. The largest absolute Gasteiger partial charge is 0.484 e. The van der Waals surface area contributed by atoms with E-state index >= 15 is 0 Å². The van der Waals surface area contributed by atoms with Crippen molar-refractivity contribution >= 4 is 46.0 Å². The van der Waals surface area contributed by atoms with Crippen molar-refractivity contribution in [3.8, 4) is 5.75 Å². The molecule has 7 heteroatoms. The molecule has 0 spiro atoms. The molecule has 2 aromatic rings. The topological polar surface area (TPSA) is 58.6 Å². The second kappa shape index (κ2) is 10.3. The van der Waals surface area contributed by atoms with Crippen LogP contribution in [0.4, 0.5) is 0 Å². The first-order chi connectivity index (χ1) is 13.6. The van der Waals surface area contributed by atoms with Gasteiger partial charge in [0.25, 0.3) is 5.91 Å². The van der Waals surface area contributed by atoms with E-state index in [2.05, 4.69) is 27.9 Å². The Kier molecular flexibility index (Phi) is 8.34. The Labute approximate surface area is 190 Å². The molecule has 2 amide bonds. The number of hydrogen-bond donors (Lipinski definition) is 1. The van der Waals surface area contributed by atoms with E-state index in [0.29, 0.717) is 10.8 Å². The predicted octanol–water partition coefficient (Wildman–Crippen LogP) is 4.66. The van der Waals surface area contributed by atoms with Gasteiger partial charge in [0.2, 0.25) is 5.91 Å². The number of rotatable bonds is 7. The van der Waals surface area contributed by atoms with Crippen LogP contribution in [-0.2, 0) is 16.1 Å². The zero-order chi connectivity index (χ0) is 21.6. The molecule has 0 bridgehead atoms. The Bertz CT molecular complexity index is 850. The summed E-state index contributed by atoms with van der Waals surface area (Å²) in [4.78, 5) is 27.2. The van der Waals surface area contributed by atoms with E-state index in [9.17, 15) is 9.59 Å². The number of ether oxygens (including phenoxy) is 1. The molecule has 5 nitrogen and oxygen atoms in total. The molecule has 0 fully saturated rings. The molecule has 2 aromatic carbocycles. The molecule has 0 aliphatic rings. The minimum atomic E-state index is -0.682. The Balaban J connectivity index is 2.18. The molecule has 0 radical (unpaired) electrons. The molecule has 29 heavy (non-hydrogen) atoms. The Hall–Kier alpha value is -1.80. The van der Waals surface area contributed by atoms with Crippen molar-refractivity contribution < 1.29 is 14.3 Å². The highest BCUT2D eigenvalue weighted by Crippen LogP contribution is 2.20. The van der Waals surface area contributed by atoms with Crippen molar-refractivity contribution in [1.82, 2.24) is 10.2 Å². The highest BCUT2D eigenvalue weighted by Gasteiger charge is 2.29. The maximum atomic E-state index is 13.0. The molecule has 1 N–H and O–H groups in total. The van der Waals surface area contributed by atoms with Crippen molar-refractivity contribution in [2.45, 2.75) is 45.8 Å². The van der Waals surface area contributed by atoms with Crippen LogP contribution in [0.15, 0.2) is 48.5 Å². The van der Waals surface area contributed by atoms with E-state index in [4.69, 9.17) is 16.3 Å². The van der Waals surface area contributed by atoms with Crippen molar-refractivity contribution in [2.75, 3.05) is 6.61 Å². The first-order valence-corrected chi connectivity index (χ1v) is 10.8. The third-order valence-electron chi connectivity index (χ3n) is 4.14. The van der Waals surface area contributed by atoms with Gasteiger partial charge in [-0.15, -0.1) is 0 Å². The van der Waals surface area contributed by atoms with Crippen LogP contribution in [0.2, 0.25) is 5.02 Å². The normalized spacial score (nSPS) is 12.2. The standard InChI is InChI=1S/C22H26ClIN2O3/c1-15(21(28)25-22(2,3)4)26(13-16-7-5-6-8-19(16)23)20(27)14-29-18-11-9-17(24)10-12-18/h5-12,15H,13-14H2,1-4H3,(H,25,28). The van der Waals surface area contributed by atoms with Crippen LogP contribution in [0.25, 0.3) is 0 Å². The monoisotopic (exact) mass is 528 g/mol. The molecule has 0 aliphatic carbocycles. The minimum Gasteiger partial charge on any atom is -0.484 e. The van der Waals surface area contributed by atoms with Gasteiger partial charge in [-0.2, -0.15) is 0 Å². The first kappa shape index (κ1) is 23.5. The first-order valence-electron chi connectivity index (χ1n) is 9.30. The van der Waals surface area contributed by atoms with Crippen LogP contribution in [0, 0.1) is 3.57 Å². The Morgan fingerprint density at radius 2 is 1.76 bits per heavy atom. The molecule has 0 heterocycles. The summed E-state index contributed by atoms with van der Waals surface area (Å²) in [6.07, 6.45) is 0. The van der Waals surface area contributed by atoms with Crippen molar-refractivity contribution in [3.05, 3.63) is 62.7 Å². The van der Waals surface area contributed by atoms with Crippen molar-refractivity contribution in [2.24, 2.45) is 0 Å². The number of benzene rings is 2. The number of carbonyl (C=O) groups excluding carboxylic acids is 2. The summed E-state index contributed by atoms with van der Waals surface area (Å²) in [5.74, 6) is 0.0791. The molecule has 0 aromatic heterocycles. The fourth-order valence-corrected chi connectivity index (χ4v) is 3.18. The summed E-state index contributed by atoms with van der Waals surface area (Å²) < 4.78 is 6.72. The third-order valence-corrected chi connectivity index (χ3v) is 5.23. The molecular formula is C22H26ClIN2O3. The second-order valence-electron chi connectivity index (χ2n) is 7.77. The van der Waals surface area contributed by atoms with E-state index in [0.717, 1.165) is 9.13 Å². The number of halogens is 2. The lowest BCUT2D eigenvalue weighted by molar-refractivity contribution is -0.142. The van der Waals surface area contributed by atoms with Crippen LogP contribution in [0.3, 0.4) is 0 Å². The second-order valence-corrected chi connectivity index (χ2v) is 9.42. The molecule has 0 aliphatic heterocycles. The summed E-state index contributed by atoms with van der Waals surface area (Å²) in [5, 5.41) is 3.48. The summed E-state index contributed by atoms with van der Waals surface area (Å²) in [7, 11) is 0. The van der Waals surface area contributed by atoms with E-state index < -0.39 is 11.6 Å². The Morgan fingerprint density at radius 3 is 2.34 bits per heavy atom. The lowest BCUT2D eigenvalue weighted by Gasteiger charge is -2.31. The van der Waals surface area contributed by atoms with Gasteiger partial charge in [-0.3, -0.25) is 9.59 Å². The van der Waals surface area contributed by atoms with E-state index in [-0.39, 0.29) is 25.0 Å². The van der Waals surface area contributed by atoms with E-state index in [1.54, 1.807) is 13.0 Å². The molecular weight excluding hydrogens is 503 g/mol.